The van der Waals surface area contributed by atoms with Gasteiger partial charge in [0.25, 0.3) is 0 Å². The lowest BCUT2D eigenvalue weighted by Gasteiger charge is -2.24. The van der Waals surface area contributed by atoms with Crippen molar-refractivity contribution in [3.05, 3.63) is 24.3 Å². The molecule has 0 radical (unpaired) electrons. The second-order valence-electron chi connectivity index (χ2n) is 7.30. The maximum atomic E-state index is 12.3. The van der Waals surface area contributed by atoms with E-state index in [1.54, 1.807) is 38.1 Å². The third-order valence-electron chi connectivity index (χ3n) is 5.25. The molecule has 6 nitrogen and oxygen atoms in total. The number of hydrogen-bond acceptors (Lipinski definition) is 3. The van der Waals surface area contributed by atoms with Gasteiger partial charge in [0.2, 0.25) is 11.8 Å². The molecule has 0 heterocycles. The number of amides is 2. The third-order valence-corrected chi connectivity index (χ3v) is 5.25. The van der Waals surface area contributed by atoms with Gasteiger partial charge in [-0.3, -0.25) is 14.4 Å². The van der Waals surface area contributed by atoms with Gasteiger partial charge in [-0.25, -0.2) is 0 Å². The van der Waals surface area contributed by atoms with E-state index in [0.29, 0.717) is 11.4 Å². The number of nitrogens with one attached hydrogen (secondary N) is 2. The number of anilines is 2. The predicted molar refractivity (Wildman–Crippen MR) is 89.4 cm³/mol. The highest BCUT2D eigenvalue weighted by molar-refractivity contribution is 6.00. The summed E-state index contributed by atoms with van der Waals surface area (Å²) in [4.78, 5) is 35.5. The van der Waals surface area contributed by atoms with E-state index < -0.39 is 23.2 Å². The van der Waals surface area contributed by atoms with Crippen LogP contribution in [0, 0.1) is 23.2 Å². The van der Waals surface area contributed by atoms with Crippen molar-refractivity contribution in [3.8, 4) is 0 Å². The number of benzene rings is 1. The summed E-state index contributed by atoms with van der Waals surface area (Å²) in [5.41, 5.74) is 0.652. The molecular weight excluding hydrogens is 308 g/mol. The normalized spacial score (nSPS) is 24.6. The van der Waals surface area contributed by atoms with E-state index in [2.05, 4.69) is 10.6 Å². The van der Waals surface area contributed by atoms with E-state index in [-0.39, 0.29) is 17.7 Å². The molecule has 2 atom stereocenters. The molecule has 3 N–H and O–H groups in total. The summed E-state index contributed by atoms with van der Waals surface area (Å²) in [5, 5.41) is 14.8. The molecule has 2 aliphatic rings. The van der Waals surface area contributed by atoms with E-state index >= 15 is 0 Å². The zero-order valence-electron chi connectivity index (χ0n) is 13.8. The monoisotopic (exact) mass is 330 g/mol. The van der Waals surface area contributed by atoms with Crippen molar-refractivity contribution in [1.29, 1.82) is 0 Å². The van der Waals surface area contributed by atoms with Crippen molar-refractivity contribution in [1.82, 2.24) is 0 Å². The van der Waals surface area contributed by atoms with Crippen LogP contribution in [0.25, 0.3) is 0 Å². The minimum Gasteiger partial charge on any atom is -0.481 e. The topological polar surface area (TPSA) is 95.5 Å². The van der Waals surface area contributed by atoms with E-state index in [0.717, 1.165) is 19.3 Å². The Morgan fingerprint density at radius 1 is 1.04 bits per heavy atom. The Hall–Kier alpha value is -2.37. The first-order valence-electron chi connectivity index (χ1n) is 8.25. The highest BCUT2D eigenvalue weighted by Gasteiger charge is 2.65. The molecule has 0 spiro atoms. The average molecular weight is 330 g/mol. The molecule has 2 saturated carbocycles. The van der Waals surface area contributed by atoms with Gasteiger partial charge < -0.3 is 15.7 Å². The maximum Gasteiger partial charge on any atom is 0.307 e. The van der Waals surface area contributed by atoms with Crippen LogP contribution in [0.4, 0.5) is 11.4 Å². The lowest BCUT2D eigenvalue weighted by Crippen LogP contribution is -2.28. The standard InChI is InChI=1S/C18H22N2O4/c1-18(2)13(14(18)17(23)24)16(22)20-12-8-4-7-11(9-12)19-15(21)10-5-3-6-10/h4,7-10,13-14H,3,5-6H2,1-2H3,(H,19,21)(H,20,22)(H,23,24)/t13-,14-/m1/s1. The lowest BCUT2D eigenvalue weighted by atomic mass is 9.85. The van der Waals surface area contributed by atoms with Crippen LogP contribution in [0.2, 0.25) is 0 Å². The summed E-state index contributed by atoms with van der Waals surface area (Å²) in [6, 6.07) is 6.94. The Morgan fingerprint density at radius 3 is 2.08 bits per heavy atom. The van der Waals surface area contributed by atoms with E-state index in [4.69, 9.17) is 0 Å². The van der Waals surface area contributed by atoms with Gasteiger partial charge in [-0.15, -0.1) is 0 Å². The molecule has 0 saturated heterocycles. The summed E-state index contributed by atoms with van der Waals surface area (Å²) in [5.74, 6) is -2.33. The summed E-state index contributed by atoms with van der Waals surface area (Å²) >= 11 is 0. The van der Waals surface area contributed by atoms with E-state index in [1.165, 1.54) is 0 Å². The maximum absolute atomic E-state index is 12.3. The SMILES string of the molecule is CC1(C)[C@@H](C(=O)O)[C@@H]1C(=O)Nc1cccc(NC(=O)C2CCC2)c1. The summed E-state index contributed by atoms with van der Waals surface area (Å²) in [6.45, 7) is 3.57. The number of hydrogen-bond donors (Lipinski definition) is 3. The van der Waals surface area contributed by atoms with Gasteiger partial charge in [0.1, 0.15) is 0 Å². The van der Waals surface area contributed by atoms with Gasteiger partial charge >= 0.3 is 5.97 Å². The van der Waals surface area contributed by atoms with Gasteiger partial charge in [0.05, 0.1) is 11.8 Å². The first-order valence-corrected chi connectivity index (χ1v) is 8.25. The molecule has 1 aromatic carbocycles. The number of rotatable bonds is 5. The molecule has 3 rings (SSSR count). The Morgan fingerprint density at radius 2 is 1.62 bits per heavy atom. The molecular formula is C18H22N2O4. The zero-order valence-corrected chi connectivity index (χ0v) is 13.8. The fourth-order valence-electron chi connectivity index (χ4n) is 3.40. The first kappa shape index (κ1) is 16.5. The number of aliphatic carboxylic acids is 1. The van der Waals surface area contributed by atoms with Crippen molar-refractivity contribution in [2.24, 2.45) is 23.2 Å². The Labute approximate surface area is 140 Å². The second kappa shape index (κ2) is 5.92. The highest BCUT2D eigenvalue weighted by atomic mass is 16.4. The predicted octanol–water partition coefficient (Wildman–Crippen LogP) is 2.72. The van der Waals surface area contributed by atoms with Crippen LogP contribution < -0.4 is 10.6 Å². The van der Waals surface area contributed by atoms with Gasteiger partial charge in [0.15, 0.2) is 0 Å². The largest absolute Gasteiger partial charge is 0.481 e. The minimum atomic E-state index is -0.943. The Balaban J connectivity index is 1.63. The number of carbonyl (C=O) groups excluding carboxylic acids is 2. The van der Waals surface area contributed by atoms with Crippen LogP contribution in [-0.2, 0) is 14.4 Å². The minimum absolute atomic E-state index is 0.0130. The van der Waals surface area contributed by atoms with Crippen molar-refractivity contribution in [2.45, 2.75) is 33.1 Å². The number of carboxylic acids is 1. The number of carboxylic acid groups (broad SMARTS) is 1. The van der Waals surface area contributed by atoms with Crippen LogP contribution in [0.3, 0.4) is 0 Å². The van der Waals surface area contributed by atoms with Crippen LogP contribution in [0.1, 0.15) is 33.1 Å². The van der Waals surface area contributed by atoms with Gasteiger partial charge in [0, 0.05) is 17.3 Å². The third kappa shape index (κ3) is 3.00. The molecule has 2 amide bonds. The van der Waals surface area contributed by atoms with Crippen molar-refractivity contribution >= 4 is 29.2 Å². The second-order valence-corrected chi connectivity index (χ2v) is 7.30. The van der Waals surface area contributed by atoms with Crippen LogP contribution in [0.5, 0.6) is 0 Å². The average Bonchev–Trinajstić information content (AvgIpc) is 3.00. The first-order chi connectivity index (χ1) is 11.3. The smallest absolute Gasteiger partial charge is 0.307 e. The van der Waals surface area contributed by atoms with Crippen LogP contribution >= 0.6 is 0 Å². The van der Waals surface area contributed by atoms with Crippen molar-refractivity contribution in [2.75, 3.05) is 10.6 Å². The van der Waals surface area contributed by atoms with E-state index in [9.17, 15) is 19.5 Å². The molecule has 0 aliphatic heterocycles. The lowest BCUT2D eigenvalue weighted by molar-refractivity contribution is -0.140. The molecule has 0 aromatic heterocycles. The molecule has 0 bridgehead atoms. The van der Waals surface area contributed by atoms with Gasteiger partial charge in [-0.05, 0) is 36.5 Å². The van der Waals surface area contributed by atoms with Gasteiger partial charge in [-0.1, -0.05) is 26.3 Å². The highest BCUT2D eigenvalue weighted by Crippen LogP contribution is 2.58. The summed E-state index contributed by atoms with van der Waals surface area (Å²) < 4.78 is 0. The Bertz CT molecular complexity index is 694. The molecule has 6 heteroatoms. The quantitative estimate of drug-likeness (QED) is 0.773. The molecule has 2 aliphatic carbocycles. The molecule has 2 fully saturated rings. The molecule has 128 valence electrons. The van der Waals surface area contributed by atoms with Crippen LogP contribution in [0.15, 0.2) is 24.3 Å². The van der Waals surface area contributed by atoms with Crippen molar-refractivity contribution in [3.63, 3.8) is 0 Å². The fourth-order valence-corrected chi connectivity index (χ4v) is 3.40. The zero-order chi connectivity index (χ0) is 17.5. The number of carbonyl (C=O) groups is 3. The molecule has 0 unspecified atom stereocenters. The molecule has 1 aromatic rings. The summed E-state index contributed by atoms with van der Waals surface area (Å²) in [7, 11) is 0. The van der Waals surface area contributed by atoms with Crippen molar-refractivity contribution < 1.29 is 19.5 Å². The van der Waals surface area contributed by atoms with Gasteiger partial charge in [-0.2, -0.15) is 0 Å². The van der Waals surface area contributed by atoms with Crippen LogP contribution in [-0.4, -0.2) is 22.9 Å². The van der Waals surface area contributed by atoms with E-state index in [1.807, 2.05) is 0 Å². The summed E-state index contributed by atoms with van der Waals surface area (Å²) in [6.07, 6.45) is 2.95. The fraction of sp³-hybridized carbons (Fsp3) is 0.500. The Kier molecular flexibility index (Phi) is 4.07. The molecule has 24 heavy (non-hydrogen) atoms.